The Labute approximate surface area is 299 Å². The molecule has 0 N–H and O–H groups in total. The molecule has 5 aromatic carbocycles. The highest BCUT2D eigenvalue weighted by atomic mass is 15.2. The van der Waals surface area contributed by atoms with Crippen molar-refractivity contribution in [3.8, 4) is 28.3 Å². The van der Waals surface area contributed by atoms with Gasteiger partial charge in [0.25, 0.3) is 0 Å². The van der Waals surface area contributed by atoms with E-state index in [0.717, 1.165) is 61.9 Å². The minimum Gasteiger partial charge on any atom is -0.310 e. The second-order valence-corrected chi connectivity index (χ2v) is 12.4. The summed E-state index contributed by atoms with van der Waals surface area (Å²) in [5.41, 5.74) is 19.3. The standard InChI is InChI=1S/C48H33N3/c1-3-35(33-49)20-26-46-45-30-40(23-27-47(45)51(46)43-18-8-5-9-19-43)41-31-44-34(2)13-10-11-28-50(48(44)32-41)42-24-21-37(22-25-42)39-17-12-16-38(29-39)36-14-6-4-7-15-36/h3-31H,1-2H2/b13-10-,28-11-,35-20+,46-26-. The highest BCUT2D eigenvalue weighted by Gasteiger charge is 2.31. The van der Waals surface area contributed by atoms with Gasteiger partial charge in [-0.1, -0.05) is 122 Å². The quantitative estimate of drug-likeness (QED) is 0.0996. The van der Waals surface area contributed by atoms with Crippen LogP contribution in [0.5, 0.6) is 0 Å². The van der Waals surface area contributed by atoms with Crippen LogP contribution in [0.3, 0.4) is 0 Å². The summed E-state index contributed by atoms with van der Waals surface area (Å²) in [6, 6.07) is 46.9. The van der Waals surface area contributed by atoms with Gasteiger partial charge in [-0.15, -0.1) is 0 Å². The average Bonchev–Trinajstić information content (AvgIpc) is 3.62. The summed E-state index contributed by atoms with van der Waals surface area (Å²) in [4.78, 5) is 4.40. The molecule has 240 valence electrons. The lowest BCUT2D eigenvalue weighted by atomic mass is 9.92. The Hall–Kier alpha value is -7.11. The molecule has 0 amide bonds. The zero-order valence-corrected chi connectivity index (χ0v) is 28.0. The van der Waals surface area contributed by atoms with E-state index in [1.165, 1.54) is 16.7 Å². The van der Waals surface area contributed by atoms with Crippen molar-refractivity contribution >= 4 is 28.3 Å². The van der Waals surface area contributed by atoms with Crippen LogP contribution >= 0.6 is 0 Å². The van der Waals surface area contributed by atoms with Crippen LogP contribution in [0.4, 0.5) is 17.1 Å². The molecule has 8 rings (SSSR count). The minimum absolute atomic E-state index is 0.512. The van der Waals surface area contributed by atoms with Gasteiger partial charge in [-0.05, 0) is 100 Å². The second-order valence-electron chi connectivity index (χ2n) is 12.4. The van der Waals surface area contributed by atoms with Crippen molar-refractivity contribution in [3.05, 3.63) is 229 Å². The number of para-hydroxylation sites is 1. The summed E-state index contributed by atoms with van der Waals surface area (Å²) in [6.45, 7) is 8.19. The Balaban J connectivity index is 1.16. The molecule has 2 aliphatic heterocycles. The Morgan fingerprint density at radius 2 is 1.39 bits per heavy atom. The van der Waals surface area contributed by atoms with Gasteiger partial charge in [-0.25, -0.2) is 0 Å². The minimum atomic E-state index is 0.512. The third-order valence-corrected chi connectivity index (χ3v) is 9.33. The Kier molecular flexibility index (Phi) is 8.20. The van der Waals surface area contributed by atoms with Gasteiger partial charge < -0.3 is 9.80 Å². The molecule has 5 aromatic rings. The Morgan fingerprint density at radius 1 is 0.706 bits per heavy atom. The summed E-state index contributed by atoms with van der Waals surface area (Å²) >= 11 is 0. The number of anilines is 3. The van der Waals surface area contributed by atoms with E-state index in [1.54, 1.807) is 6.08 Å². The van der Waals surface area contributed by atoms with E-state index in [-0.39, 0.29) is 0 Å². The first-order chi connectivity index (χ1) is 25.1. The number of fused-ring (bicyclic) bond motifs is 2. The Morgan fingerprint density at radius 3 is 2.12 bits per heavy atom. The average molecular weight is 652 g/mol. The van der Waals surface area contributed by atoms with Crippen LogP contribution in [0, 0.1) is 11.3 Å². The third kappa shape index (κ3) is 5.94. The molecule has 0 unspecified atom stereocenters. The molecule has 2 heterocycles. The lowest BCUT2D eigenvalue weighted by molar-refractivity contribution is 1.17. The lowest BCUT2D eigenvalue weighted by Gasteiger charge is -2.39. The van der Waals surface area contributed by atoms with Crippen LogP contribution in [0.25, 0.3) is 33.5 Å². The largest absolute Gasteiger partial charge is 0.310 e. The van der Waals surface area contributed by atoms with Crippen LogP contribution in [0.2, 0.25) is 0 Å². The number of benzene rings is 5. The van der Waals surface area contributed by atoms with Gasteiger partial charge in [-0.2, -0.15) is 5.26 Å². The van der Waals surface area contributed by atoms with Gasteiger partial charge in [-0.3, -0.25) is 0 Å². The second kappa shape index (κ2) is 13.4. The van der Waals surface area contributed by atoms with Crippen LogP contribution in [-0.2, 0) is 0 Å². The highest BCUT2D eigenvalue weighted by molar-refractivity contribution is 6.04. The number of hydrogen-bond donors (Lipinski definition) is 0. The van der Waals surface area contributed by atoms with Crippen molar-refractivity contribution in [3.63, 3.8) is 0 Å². The Bertz CT molecular complexity index is 2470. The monoisotopic (exact) mass is 651 g/mol. The molecule has 0 bridgehead atoms. The van der Waals surface area contributed by atoms with Crippen molar-refractivity contribution in [2.75, 3.05) is 9.80 Å². The molecule has 51 heavy (non-hydrogen) atoms. The fourth-order valence-corrected chi connectivity index (χ4v) is 6.68. The number of nitriles is 1. The van der Waals surface area contributed by atoms with E-state index < -0.39 is 0 Å². The molecule has 3 nitrogen and oxygen atoms in total. The summed E-state index contributed by atoms with van der Waals surface area (Å²) in [7, 11) is 0. The molecule has 0 spiro atoms. The smallest absolute Gasteiger partial charge is 0.0991 e. The molecule has 1 aliphatic carbocycles. The molecule has 0 saturated heterocycles. The van der Waals surface area contributed by atoms with Gasteiger partial charge >= 0.3 is 0 Å². The molecule has 3 heteroatoms. The summed E-state index contributed by atoms with van der Waals surface area (Å²) in [6.07, 6.45) is 15.8. The molecule has 3 aliphatic rings. The maximum atomic E-state index is 9.50. The molecule has 0 saturated carbocycles. The molecule has 0 atom stereocenters. The van der Waals surface area contributed by atoms with Gasteiger partial charge in [0.15, 0.2) is 0 Å². The number of hydrogen-bond acceptors (Lipinski definition) is 3. The van der Waals surface area contributed by atoms with Crippen molar-refractivity contribution in [1.29, 1.82) is 5.26 Å². The normalized spacial score (nSPS) is 16.8. The SMILES string of the molecule is C=C/C(C#N)=C\C=C1\c2cc(C3=C=C4C(=C3)C(=C)/C=C\C=C/N4c3ccc(-c4cccc(-c5ccccc5)c4)cc3)ccc2N1c1ccccc1. The van der Waals surface area contributed by atoms with Crippen LogP contribution < -0.4 is 9.80 Å². The molecule has 0 fully saturated rings. The molecule has 0 radical (unpaired) electrons. The lowest BCUT2D eigenvalue weighted by Crippen LogP contribution is -2.26. The topological polar surface area (TPSA) is 30.3 Å². The first-order valence-corrected chi connectivity index (χ1v) is 16.9. The van der Waals surface area contributed by atoms with Crippen molar-refractivity contribution in [2.24, 2.45) is 0 Å². The van der Waals surface area contributed by atoms with E-state index in [2.05, 4.69) is 150 Å². The van der Waals surface area contributed by atoms with E-state index in [1.807, 2.05) is 54.6 Å². The van der Waals surface area contributed by atoms with Crippen molar-refractivity contribution in [1.82, 2.24) is 0 Å². The molecular weight excluding hydrogens is 619 g/mol. The predicted molar refractivity (Wildman–Crippen MR) is 213 cm³/mol. The van der Waals surface area contributed by atoms with E-state index in [0.29, 0.717) is 5.57 Å². The zero-order chi connectivity index (χ0) is 34.7. The number of nitrogens with zero attached hydrogens (tertiary/aromatic N) is 3. The van der Waals surface area contributed by atoms with Crippen molar-refractivity contribution < 1.29 is 0 Å². The van der Waals surface area contributed by atoms with Crippen LogP contribution in [-0.4, -0.2) is 0 Å². The maximum Gasteiger partial charge on any atom is 0.0991 e. The summed E-state index contributed by atoms with van der Waals surface area (Å²) < 4.78 is 0. The van der Waals surface area contributed by atoms with Crippen molar-refractivity contribution in [2.45, 2.75) is 0 Å². The predicted octanol–water partition coefficient (Wildman–Crippen LogP) is 12.1. The molecule has 0 aromatic heterocycles. The highest BCUT2D eigenvalue weighted by Crippen LogP contribution is 2.49. The molecular formula is C48H33N3. The number of rotatable bonds is 7. The summed E-state index contributed by atoms with van der Waals surface area (Å²) in [5.74, 6) is 0. The fourth-order valence-electron chi connectivity index (χ4n) is 6.68. The van der Waals surface area contributed by atoms with E-state index in [4.69, 9.17) is 0 Å². The van der Waals surface area contributed by atoms with E-state index in [9.17, 15) is 5.26 Å². The first kappa shape index (κ1) is 31.2. The van der Waals surface area contributed by atoms with Gasteiger partial charge in [0.05, 0.1) is 28.7 Å². The number of allylic oxidation sites excluding steroid dienone is 9. The zero-order valence-electron chi connectivity index (χ0n) is 28.0. The maximum absolute atomic E-state index is 9.50. The third-order valence-electron chi connectivity index (χ3n) is 9.33. The van der Waals surface area contributed by atoms with E-state index >= 15 is 0 Å². The fraction of sp³-hybridized carbons (Fsp3) is 0. The summed E-state index contributed by atoms with van der Waals surface area (Å²) in [5, 5.41) is 9.50. The van der Waals surface area contributed by atoms with Crippen LogP contribution in [0.1, 0.15) is 11.1 Å². The van der Waals surface area contributed by atoms with Gasteiger partial charge in [0.1, 0.15) is 0 Å². The van der Waals surface area contributed by atoms with Gasteiger partial charge in [0.2, 0.25) is 0 Å². The first-order valence-electron chi connectivity index (χ1n) is 16.9. The van der Waals surface area contributed by atoms with Gasteiger partial charge in [0, 0.05) is 34.3 Å². The van der Waals surface area contributed by atoms with Crippen LogP contribution in [0.15, 0.2) is 217 Å².